The number of halogens is 1. The quantitative estimate of drug-likeness (QED) is 0.754. The highest BCUT2D eigenvalue weighted by atomic mass is 35.5. The number of carbonyl (C=O) groups is 1. The van der Waals surface area contributed by atoms with Crippen LogP contribution in [0.15, 0.2) is 23.1 Å². The molecule has 0 bridgehead atoms. The van der Waals surface area contributed by atoms with Crippen LogP contribution in [-0.4, -0.2) is 33.0 Å². The van der Waals surface area contributed by atoms with Crippen molar-refractivity contribution in [2.75, 3.05) is 6.54 Å². The molecule has 2 atom stereocenters. The van der Waals surface area contributed by atoms with E-state index in [-0.39, 0.29) is 34.9 Å². The standard InChI is InChI=1S/C14H21N3O3S.ClH/c1-9-5-6-11(8-12(9)14(15)18)21(19,20)17-13-4-3-7-16-10(13)2;/h5-6,8,10,13,16-17H,3-4,7H2,1-2H3,(H2,15,18);1H. The predicted molar refractivity (Wildman–Crippen MR) is 87.8 cm³/mol. The van der Waals surface area contributed by atoms with Crippen molar-refractivity contribution in [1.82, 2.24) is 10.0 Å². The molecule has 8 heteroatoms. The topological polar surface area (TPSA) is 101 Å². The van der Waals surface area contributed by atoms with Crippen LogP contribution in [0.4, 0.5) is 0 Å². The van der Waals surface area contributed by atoms with Crippen molar-refractivity contribution < 1.29 is 13.2 Å². The number of carbonyl (C=O) groups excluding carboxylic acids is 1. The van der Waals surface area contributed by atoms with Gasteiger partial charge >= 0.3 is 0 Å². The lowest BCUT2D eigenvalue weighted by atomic mass is 10.0. The summed E-state index contributed by atoms with van der Waals surface area (Å²) >= 11 is 0. The highest BCUT2D eigenvalue weighted by molar-refractivity contribution is 7.89. The molecule has 0 spiro atoms. The van der Waals surface area contributed by atoms with Crippen LogP contribution in [-0.2, 0) is 10.0 Å². The number of nitrogens with one attached hydrogen (secondary N) is 2. The van der Waals surface area contributed by atoms with Gasteiger partial charge in [-0.25, -0.2) is 13.1 Å². The summed E-state index contributed by atoms with van der Waals surface area (Å²) in [5.74, 6) is -0.628. The Morgan fingerprint density at radius 3 is 2.68 bits per heavy atom. The molecule has 1 aliphatic rings. The van der Waals surface area contributed by atoms with E-state index in [9.17, 15) is 13.2 Å². The van der Waals surface area contributed by atoms with Crippen molar-refractivity contribution >= 4 is 28.3 Å². The van der Waals surface area contributed by atoms with Gasteiger partial charge in [0.15, 0.2) is 0 Å². The van der Waals surface area contributed by atoms with Crippen molar-refractivity contribution in [3.8, 4) is 0 Å². The molecule has 6 nitrogen and oxygen atoms in total. The van der Waals surface area contributed by atoms with Gasteiger partial charge in [-0.1, -0.05) is 6.07 Å². The fraction of sp³-hybridized carbons (Fsp3) is 0.500. The fourth-order valence-corrected chi connectivity index (χ4v) is 3.88. The van der Waals surface area contributed by atoms with Gasteiger partial charge in [0.05, 0.1) is 4.90 Å². The average molecular weight is 348 g/mol. The smallest absolute Gasteiger partial charge is 0.249 e. The van der Waals surface area contributed by atoms with Crippen LogP contribution in [0.1, 0.15) is 35.7 Å². The Balaban J connectivity index is 0.00000242. The number of hydrogen-bond donors (Lipinski definition) is 3. The number of piperidine rings is 1. The molecule has 1 aromatic carbocycles. The third kappa shape index (κ3) is 4.19. The van der Waals surface area contributed by atoms with Crippen molar-refractivity contribution in [3.63, 3.8) is 0 Å². The lowest BCUT2D eigenvalue weighted by Crippen LogP contribution is -2.51. The van der Waals surface area contributed by atoms with E-state index >= 15 is 0 Å². The van der Waals surface area contributed by atoms with E-state index in [2.05, 4.69) is 10.0 Å². The zero-order valence-electron chi connectivity index (χ0n) is 12.6. The van der Waals surface area contributed by atoms with Gasteiger partial charge in [-0.05, 0) is 50.9 Å². The molecular weight excluding hydrogens is 326 g/mol. The van der Waals surface area contributed by atoms with E-state index in [1.165, 1.54) is 12.1 Å². The van der Waals surface area contributed by atoms with Crippen LogP contribution in [0.5, 0.6) is 0 Å². The fourth-order valence-electron chi connectivity index (χ4n) is 2.51. The van der Waals surface area contributed by atoms with Gasteiger partial charge in [-0.3, -0.25) is 4.79 Å². The minimum absolute atomic E-state index is 0. The Kier molecular flexibility index (Phi) is 6.37. The Morgan fingerprint density at radius 2 is 2.09 bits per heavy atom. The first-order chi connectivity index (χ1) is 9.81. The molecule has 1 saturated heterocycles. The summed E-state index contributed by atoms with van der Waals surface area (Å²) in [5, 5.41) is 3.24. The monoisotopic (exact) mass is 347 g/mol. The summed E-state index contributed by atoms with van der Waals surface area (Å²) in [6.45, 7) is 4.57. The van der Waals surface area contributed by atoms with Crippen LogP contribution >= 0.6 is 12.4 Å². The van der Waals surface area contributed by atoms with E-state index in [0.29, 0.717) is 5.56 Å². The van der Waals surface area contributed by atoms with Crippen molar-refractivity contribution in [2.45, 2.75) is 43.7 Å². The lowest BCUT2D eigenvalue weighted by molar-refractivity contribution is 0.0999. The number of nitrogens with two attached hydrogens (primary N) is 1. The van der Waals surface area contributed by atoms with Gasteiger partial charge < -0.3 is 11.1 Å². The second-order valence-electron chi connectivity index (χ2n) is 5.45. The van der Waals surface area contributed by atoms with Gasteiger partial charge in [0.1, 0.15) is 0 Å². The van der Waals surface area contributed by atoms with E-state index in [1.807, 2.05) is 6.92 Å². The molecule has 2 unspecified atom stereocenters. The van der Waals surface area contributed by atoms with Crippen molar-refractivity contribution in [2.24, 2.45) is 5.73 Å². The van der Waals surface area contributed by atoms with Gasteiger partial charge in [-0.2, -0.15) is 0 Å². The molecule has 1 heterocycles. The predicted octanol–water partition coefficient (Wildman–Crippen LogP) is 0.935. The first-order valence-corrected chi connectivity index (χ1v) is 8.46. The first-order valence-electron chi connectivity index (χ1n) is 6.97. The van der Waals surface area contributed by atoms with Gasteiger partial charge in [-0.15, -0.1) is 12.4 Å². The van der Waals surface area contributed by atoms with Gasteiger partial charge in [0.2, 0.25) is 15.9 Å². The van der Waals surface area contributed by atoms with Crippen LogP contribution in [0.25, 0.3) is 0 Å². The molecule has 0 saturated carbocycles. The maximum absolute atomic E-state index is 12.4. The first kappa shape index (κ1) is 18.9. The summed E-state index contributed by atoms with van der Waals surface area (Å²) in [6.07, 6.45) is 1.72. The Labute approximate surface area is 137 Å². The van der Waals surface area contributed by atoms with E-state index in [0.717, 1.165) is 19.4 Å². The minimum atomic E-state index is -3.66. The Hall–Kier alpha value is -1.15. The maximum Gasteiger partial charge on any atom is 0.249 e. The highest BCUT2D eigenvalue weighted by Crippen LogP contribution is 2.17. The second-order valence-corrected chi connectivity index (χ2v) is 7.17. The molecule has 0 aromatic heterocycles. The number of amides is 1. The SMILES string of the molecule is Cc1ccc(S(=O)(=O)NC2CCCNC2C)cc1C(N)=O.Cl. The third-order valence-electron chi connectivity index (χ3n) is 3.85. The summed E-state index contributed by atoms with van der Waals surface area (Å²) in [7, 11) is -3.66. The summed E-state index contributed by atoms with van der Waals surface area (Å²) < 4.78 is 27.6. The molecule has 1 amide bonds. The zero-order chi connectivity index (χ0) is 15.6. The Bertz CT molecular complexity index is 649. The van der Waals surface area contributed by atoms with Crippen LogP contribution < -0.4 is 15.8 Å². The zero-order valence-corrected chi connectivity index (χ0v) is 14.3. The summed E-state index contributed by atoms with van der Waals surface area (Å²) in [6, 6.07) is 4.35. The molecule has 2 rings (SSSR count). The molecule has 0 radical (unpaired) electrons. The molecule has 1 aromatic rings. The average Bonchev–Trinajstić information content (AvgIpc) is 2.41. The summed E-state index contributed by atoms with van der Waals surface area (Å²) in [4.78, 5) is 11.4. The van der Waals surface area contributed by atoms with E-state index < -0.39 is 15.9 Å². The summed E-state index contributed by atoms with van der Waals surface area (Å²) in [5.41, 5.74) is 6.16. The number of hydrogen-bond acceptors (Lipinski definition) is 4. The van der Waals surface area contributed by atoms with E-state index in [1.54, 1.807) is 13.0 Å². The van der Waals surface area contributed by atoms with Crippen LogP contribution in [0, 0.1) is 6.92 Å². The molecule has 1 fully saturated rings. The second kappa shape index (κ2) is 7.41. The largest absolute Gasteiger partial charge is 0.366 e. The van der Waals surface area contributed by atoms with Gasteiger partial charge in [0.25, 0.3) is 0 Å². The minimum Gasteiger partial charge on any atom is -0.366 e. The molecule has 1 aliphatic heterocycles. The molecular formula is C14H22ClN3O3S. The molecule has 22 heavy (non-hydrogen) atoms. The van der Waals surface area contributed by atoms with Crippen molar-refractivity contribution in [3.05, 3.63) is 29.3 Å². The number of benzene rings is 1. The molecule has 0 aliphatic carbocycles. The highest BCUT2D eigenvalue weighted by Gasteiger charge is 2.27. The number of aryl methyl sites for hydroxylation is 1. The normalized spacial score (nSPS) is 21.9. The van der Waals surface area contributed by atoms with Crippen molar-refractivity contribution in [1.29, 1.82) is 0 Å². The van der Waals surface area contributed by atoms with Crippen LogP contribution in [0.3, 0.4) is 0 Å². The molecule has 124 valence electrons. The van der Waals surface area contributed by atoms with E-state index in [4.69, 9.17) is 5.73 Å². The molecule has 4 N–H and O–H groups in total. The Morgan fingerprint density at radius 1 is 1.41 bits per heavy atom. The number of sulfonamides is 1. The van der Waals surface area contributed by atoms with Crippen LogP contribution in [0.2, 0.25) is 0 Å². The van der Waals surface area contributed by atoms with Gasteiger partial charge in [0, 0.05) is 17.6 Å². The lowest BCUT2D eigenvalue weighted by Gasteiger charge is -2.30. The third-order valence-corrected chi connectivity index (χ3v) is 5.34. The number of primary amides is 1. The maximum atomic E-state index is 12.4. The number of rotatable bonds is 4.